The van der Waals surface area contributed by atoms with Crippen LogP contribution in [0.3, 0.4) is 0 Å². The first-order valence-electron chi connectivity index (χ1n) is 7.39. The number of carboxylic acid groups (broad SMARTS) is 1. The van der Waals surface area contributed by atoms with Crippen molar-refractivity contribution in [2.24, 2.45) is 0 Å². The van der Waals surface area contributed by atoms with E-state index in [1.165, 1.54) is 0 Å². The van der Waals surface area contributed by atoms with E-state index in [0.717, 1.165) is 22.5 Å². The molecular weight excluding hydrogens is 294 g/mol. The maximum absolute atomic E-state index is 12.2. The predicted molar refractivity (Wildman–Crippen MR) is 86.1 cm³/mol. The van der Waals surface area contributed by atoms with Crippen LogP contribution < -0.4 is 5.32 Å². The van der Waals surface area contributed by atoms with Crippen molar-refractivity contribution in [1.82, 2.24) is 15.1 Å². The van der Waals surface area contributed by atoms with Crippen molar-refractivity contribution in [2.75, 3.05) is 0 Å². The van der Waals surface area contributed by atoms with Crippen LogP contribution in [0.15, 0.2) is 24.3 Å². The fraction of sp³-hybridized carbons (Fsp3) is 0.353. The van der Waals surface area contributed by atoms with Crippen molar-refractivity contribution in [3.05, 3.63) is 52.3 Å². The van der Waals surface area contributed by atoms with Crippen LogP contribution in [0.4, 0.5) is 0 Å². The van der Waals surface area contributed by atoms with Crippen molar-refractivity contribution in [3.8, 4) is 0 Å². The van der Waals surface area contributed by atoms with E-state index >= 15 is 0 Å². The number of carbonyl (C=O) groups excluding carboxylic acids is 1. The van der Waals surface area contributed by atoms with Gasteiger partial charge in [0.25, 0.3) is 0 Å². The second kappa shape index (κ2) is 6.64. The summed E-state index contributed by atoms with van der Waals surface area (Å²) in [5.41, 5.74) is 4.13. The van der Waals surface area contributed by atoms with Crippen LogP contribution in [0.1, 0.15) is 34.1 Å². The first-order valence-corrected chi connectivity index (χ1v) is 7.39. The van der Waals surface area contributed by atoms with Gasteiger partial charge in [-0.2, -0.15) is 5.10 Å². The Morgan fingerprint density at radius 3 is 2.52 bits per heavy atom. The van der Waals surface area contributed by atoms with Crippen LogP contribution >= 0.6 is 0 Å². The monoisotopic (exact) mass is 315 g/mol. The molecule has 1 heterocycles. The number of hydrogen-bond donors (Lipinski definition) is 2. The van der Waals surface area contributed by atoms with Gasteiger partial charge in [-0.1, -0.05) is 18.2 Å². The first-order chi connectivity index (χ1) is 10.8. The highest BCUT2D eigenvalue weighted by molar-refractivity contribution is 5.84. The molecule has 0 fully saturated rings. The van der Waals surface area contributed by atoms with E-state index in [1.807, 2.05) is 39.8 Å². The Morgan fingerprint density at radius 1 is 1.26 bits per heavy atom. The van der Waals surface area contributed by atoms with Crippen LogP contribution in [0.2, 0.25) is 0 Å². The molecule has 0 spiro atoms. The molecule has 1 amide bonds. The van der Waals surface area contributed by atoms with Crippen molar-refractivity contribution in [3.63, 3.8) is 0 Å². The molecular formula is C17H21N3O3. The average Bonchev–Trinajstić information content (AvgIpc) is 2.77. The Labute approximate surface area is 135 Å². The van der Waals surface area contributed by atoms with Gasteiger partial charge in [0, 0.05) is 5.69 Å². The normalized spacial score (nSPS) is 12.0. The van der Waals surface area contributed by atoms with E-state index in [4.69, 9.17) is 0 Å². The highest BCUT2D eigenvalue weighted by Gasteiger charge is 2.24. The topological polar surface area (TPSA) is 84.2 Å². The standard InChI is InChI=1S/C17H21N3O3/c1-10-6-5-7-14(13(10)4)16(17(22)23)18-15(21)9-20-12(3)8-11(2)19-20/h5-8,16H,9H2,1-4H3,(H,18,21)(H,22,23). The summed E-state index contributed by atoms with van der Waals surface area (Å²) in [6.45, 7) is 7.46. The minimum atomic E-state index is -1.08. The van der Waals surface area contributed by atoms with Gasteiger partial charge in [-0.05, 0) is 50.5 Å². The lowest BCUT2D eigenvalue weighted by Crippen LogP contribution is -2.36. The molecule has 6 heteroatoms. The van der Waals surface area contributed by atoms with Crippen molar-refractivity contribution in [1.29, 1.82) is 0 Å². The van der Waals surface area contributed by atoms with E-state index in [0.29, 0.717) is 5.56 Å². The molecule has 2 aromatic rings. The second-order valence-corrected chi connectivity index (χ2v) is 5.71. The molecule has 6 nitrogen and oxygen atoms in total. The summed E-state index contributed by atoms with van der Waals surface area (Å²) >= 11 is 0. The number of hydrogen-bond acceptors (Lipinski definition) is 3. The number of aryl methyl sites for hydroxylation is 3. The Morgan fingerprint density at radius 2 is 1.96 bits per heavy atom. The number of rotatable bonds is 5. The quantitative estimate of drug-likeness (QED) is 0.884. The molecule has 1 aromatic carbocycles. The number of amides is 1. The number of carboxylic acids is 1. The average molecular weight is 315 g/mol. The zero-order valence-corrected chi connectivity index (χ0v) is 13.8. The van der Waals surface area contributed by atoms with Gasteiger partial charge < -0.3 is 10.4 Å². The van der Waals surface area contributed by atoms with Gasteiger partial charge in [0.05, 0.1) is 5.69 Å². The zero-order valence-electron chi connectivity index (χ0n) is 13.8. The van der Waals surface area contributed by atoms with Gasteiger partial charge in [0.15, 0.2) is 6.04 Å². The van der Waals surface area contributed by atoms with Crippen LogP contribution in [-0.2, 0) is 16.1 Å². The van der Waals surface area contributed by atoms with Gasteiger partial charge in [-0.15, -0.1) is 0 Å². The Bertz CT molecular complexity index is 750. The lowest BCUT2D eigenvalue weighted by molar-refractivity contribution is -0.142. The fourth-order valence-corrected chi connectivity index (χ4v) is 2.54. The maximum Gasteiger partial charge on any atom is 0.330 e. The van der Waals surface area contributed by atoms with Crippen molar-refractivity contribution in [2.45, 2.75) is 40.3 Å². The minimum Gasteiger partial charge on any atom is -0.479 e. The molecule has 0 aliphatic heterocycles. The highest BCUT2D eigenvalue weighted by atomic mass is 16.4. The van der Waals surface area contributed by atoms with Crippen LogP contribution in [0.25, 0.3) is 0 Å². The van der Waals surface area contributed by atoms with E-state index in [1.54, 1.807) is 16.8 Å². The molecule has 1 atom stereocenters. The number of carbonyl (C=O) groups is 2. The van der Waals surface area contributed by atoms with Crippen LogP contribution in [0, 0.1) is 27.7 Å². The van der Waals surface area contributed by atoms with Gasteiger partial charge in [-0.25, -0.2) is 4.79 Å². The molecule has 2 rings (SSSR count). The molecule has 0 bridgehead atoms. The summed E-state index contributed by atoms with van der Waals surface area (Å²) in [7, 11) is 0. The summed E-state index contributed by atoms with van der Waals surface area (Å²) in [5.74, 6) is -1.47. The molecule has 0 aliphatic carbocycles. The SMILES string of the molecule is Cc1cc(C)n(CC(=O)NC(C(=O)O)c2cccc(C)c2C)n1. The maximum atomic E-state index is 12.2. The third-order valence-corrected chi connectivity index (χ3v) is 3.91. The van der Waals surface area contributed by atoms with Crippen LogP contribution in [-0.4, -0.2) is 26.8 Å². The third-order valence-electron chi connectivity index (χ3n) is 3.91. The number of benzene rings is 1. The summed E-state index contributed by atoms with van der Waals surface area (Å²) in [4.78, 5) is 23.8. The first kappa shape index (κ1) is 16.7. The number of nitrogens with one attached hydrogen (secondary N) is 1. The Balaban J connectivity index is 2.20. The molecule has 122 valence electrons. The van der Waals surface area contributed by atoms with Gasteiger partial charge >= 0.3 is 5.97 Å². The predicted octanol–water partition coefficient (Wildman–Crippen LogP) is 2.06. The molecule has 2 N–H and O–H groups in total. The zero-order chi connectivity index (χ0) is 17.1. The molecule has 0 aliphatic rings. The number of nitrogens with zero attached hydrogens (tertiary/aromatic N) is 2. The van der Waals surface area contributed by atoms with E-state index in [-0.39, 0.29) is 12.5 Å². The van der Waals surface area contributed by atoms with E-state index in [2.05, 4.69) is 10.4 Å². The highest BCUT2D eigenvalue weighted by Crippen LogP contribution is 2.21. The largest absolute Gasteiger partial charge is 0.479 e. The summed E-state index contributed by atoms with van der Waals surface area (Å²) in [6.07, 6.45) is 0. The fourth-order valence-electron chi connectivity index (χ4n) is 2.54. The smallest absolute Gasteiger partial charge is 0.330 e. The molecule has 23 heavy (non-hydrogen) atoms. The van der Waals surface area contributed by atoms with Crippen molar-refractivity contribution < 1.29 is 14.7 Å². The molecule has 1 unspecified atom stereocenters. The number of aromatic nitrogens is 2. The Kier molecular flexibility index (Phi) is 4.83. The summed E-state index contributed by atoms with van der Waals surface area (Å²) in [6, 6.07) is 6.23. The lowest BCUT2D eigenvalue weighted by Gasteiger charge is -2.18. The molecule has 1 aromatic heterocycles. The summed E-state index contributed by atoms with van der Waals surface area (Å²) in [5, 5.41) is 16.3. The third kappa shape index (κ3) is 3.77. The van der Waals surface area contributed by atoms with E-state index < -0.39 is 12.0 Å². The number of aliphatic carboxylic acids is 1. The molecule has 0 saturated carbocycles. The van der Waals surface area contributed by atoms with Gasteiger partial charge in [0.1, 0.15) is 6.54 Å². The van der Waals surface area contributed by atoms with Gasteiger partial charge in [-0.3, -0.25) is 9.48 Å². The van der Waals surface area contributed by atoms with Crippen LogP contribution in [0.5, 0.6) is 0 Å². The second-order valence-electron chi connectivity index (χ2n) is 5.71. The molecule has 0 radical (unpaired) electrons. The Hall–Kier alpha value is -2.63. The van der Waals surface area contributed by atoms with Gasteiger partial charge in [0.2, 0.25) is 5.91 Å². The lowest BCUT2D eigenvalue weighted by atomic mass is 9.97. The summed E-state index contributed by atoms with van der Waals surface area (Å²) < 4.78 is 1.56. The molecule has 0 saturated heterocycles. The minimum absolute atomic E-state index is 0.00564. The van der Waals surface area contributed by atoms with Crippen molar-refractivity contribution >= 4 is 11.9 Å². The van der Waals surface area contributed by atoms with E-state index in [9.17, 15) is 14.7 Å².